The summed E-state index contributed by atoms with van der Waals surface area (Å²) in [5.74, 6) is -3.77. The number of aliphatic hydroxyl groups is 1. The maximum Gasteiger partial charge on any atom is 0.201 e. The molecule has 4 N–H and O–H groups in total. The van der Waals surface area contributed by atoms with Crippen LogP contribution in [0.25, 0.3) is 0 Å². The maximum absolute atomic E-state index is 12.6. The number of phenols is 3. The minimum Gasteiger partial charge on any atom is -0.507 e. The molecular weight excluding hydrogens is 316 g/mol. The number of hydrogen-bond acceptors (Lipinski definition) is 7. The number of carbonyl (C=O) groups excluding carboxylic acids is 3. The number of carbonyl (C=O) groups is 3. The van der Waals surface area contributed by atoms with Gasteiger partial charge >= 0.3 is 0 Å². The van der Waals surface area contributed by atoms with Crippen LogP contribution in [0.2, 0.25) is 0 Å². The van der Waals surface area contributed by atoms with Gasteiger partial charge in [-0.05, 0) is 25.1 Å². The number of Topliss-reactive ketones (excluding diaryl/α,β-unsaturated/α-hetero) is 1. The Kier molecular flexibility index (Phi) is 3.38. The summed E-state index contributed by atoms with van der Waals surface area (Å²) in [7, 11) is 0. The van der Waals surface area contributed by atoms with E-state index in [0.717, 1.165) is 12.1 Å². The zero-order chi connectivity index (χ0) is 17.8. The monoisotopic (exact) mass is 328 g/mol. The Labute approximate surface area is 135 Å². The van der Waals surface area contributed by atoms with E-state index in [4.69, 9.17) is 0 Å². The fourth-order valence-electron chi connectivity index (χ4n) is 2.78. The largest absolute Gasteiger partial charge is 0.507 e. The van der Waals surface area contributed by atoms with Crippen molar-refractivity contribution in [2.24, 2.45) is 0 Å². The average molecular weight is 328 g/mol. The predicted molar refractivity (Wildman–Crippen MR) is 80.7 cm³/mol. The highest BCUT2D eigenvalue weighted by Gasteiger charge is 2.36. The van der Waals surface area contributed by atoms with Crippen LogP contribution in [0.3, 0.4) is 0 Å². The van der Waals surface area contributed by atoms with Crippen molar-refractivity contribution in [2.45, 2.75) is 13.5 Å². The zero-order valence-corrected chi connectivity index (χ0v) is 12.5. The van der Waals surface area contributed by atoms with Gasteiger partial charge in [0.2, 0.25) is 5.78 Å². The van der Waals surface area contributed by atoms with Gasteiger partial charge in [0, 0.05) is 16.7 Å². The van der Waals surface area contributed by atoms with Gasteiger partial charge in [-0.2, -0.15) is 0 Å². The standard InChI is InChI=1S/C17H12O7/c1-6(19)7-2-8-13(12(21)3-7)17(24)14-9(15(8)22)4-11(20)10(5-18)16(14)23/h2-4,18,20-21,23H,5H2,1H3. The summed E-state index contributed by atoms with van der Waals surface area (Å²) in [6.45, 7) is 0.504. The molecule has 24 heavy (non-hydrogen) atoms. The molecule has 0 saturated heterocycles. The molecular formula is C17H12O7. The van der Waals surface area contributed by atoms with E-state index >= 15 is 0 Å². The fourth-order valence-corrected chi connectivity index (χ4v) is 2.78. The molecule has 122 valence electrons. The lowest BCUT2D eigenvalue weighted by Crippen LogP contribution is -2.22. The molecule has 0 amide bonds. The maximum atomic E-state index is 12.6. The third kappa shape index (κ3) is 1.99. The first-order valence-electron chi connectivity index (χ1n) is 6.94. The molecule has 0 saturated carbocycles. The second-order valence-corrected chi connectivity index (χ2v) is 5.44. The molecule has 2 aromatic carbocycles. The van der Waals surface area contributed by atoms with Crippen molar-refractivity contribution in [1.82, 2.24) is 0 Å². The molecule has 0 aromatic heterocycles. The van der Waals surface area contributed by atoms with E-state index in [0.29, 0.717) is 0 Å². The number of phenolic OH excluding ortho intramolecular Hbond substituents is 1. The zero-order valence-electron chi connectivity index (χ0n) is 12.5. The van der Waals surface area contributed by atoms with E-state index in [-0.39, 0.29) is 27.8 Å². The van der Waals surface area contributed by atoms with Gasteiger partial charge in [0.1, 0.15) is 17.2 Å². The van der Waals surface area contributed by atoms with Crippen LogP contribution in [0.1, 0.15) is 54.7 Å². The molecule has 0 heterocycles. The lowest BCUT2D eigenvalue weighted by Gasteiger charge is -2.21. The molecule has 0 aliphatic heterocycles. The SMILES string of the molecule is CC(=O)c1cc(O)c2c(c1)C(=O)c1cc(O)c(CO)c(O)c1C2=O. The summed E-state index contributed by atoms with van der Waals surface area (Å²) < 4.78 is 0. The van der Waals surface area contributed by atoms with E-state index in [1.54, 1.807) is 0 Å². The molecule has 7 nitrogen and oxygen atoms in total. The number of aliphatic hydroxyl groups excluding tert-OH is 1. The van der Waals surface area contributed by atoms with Crippen LogP contribution in [0, 0.1) is 0 Å². The first kappa shape index (κ1) is 15.7. The third-order valence-corrected chi connectivity index (χ3v) is 4.01. The van der Waals surface area contributed by atoms with Crippen molar-refractivity contribution in [3.8, 4) is 17.2 Å². The fraction of sp³-hybridized carbons (Fsp3) is 0.118. The van der Waals surface area contributed by atoms with Crippen molar-refractivity contribution in [3.05, 3.63) is 51.6 Å². The second-order valence-electron chi connectivity index (χ2n) is 5.44. The Morgan fingerprint density at radius 1 is 0.917 bits per heavy atom. The van der Waals surface area contributed by atoms with Gasteiger partial charge in [-0.15, -0.1) is 0 Å². The number of fused-ring (bicyclic) bond motifs is 2. The van der Waals surface area contributed by atoms with Crippen LogP contribution in [-0.4, -0.2) is 37.8 Å². The number of benzene rings is 2. The number of aromatic hydroxyl groups is 3. The van der Waals surface area contributed by atoms with Crippen LogP contribution in [0.4, 0.5) is 0 Å². The molecule has 1 aliphatic carbocycles. The van der Waals surface area contributed by atoms with Gasteiger partial charge in [-0.1, -0.05) is 0 Å². The molecule has 1 aliphatic rings. The van der Waals surface area contributed by atoms with Gasteiger partial charge < -0.3 is 20.4 Å². The molecule has 0 bridgehead atoms. The minimum atomic E-state index is -0.834. The van der Waals surface area contributed by atoms with Crippen molar-refractivity contribution < 1.29 is 34.8 Å². The molecule has 0 spiro atoms. The average Bonchev–Trinajstić information content (AvgIpc) is 2.51. The predicted octanol–water partition coefficient (Wildman–Crippen LogP) is 1.27. The van der Waals surface area contributed by atoms with Gasteiger partial charge in [0.25, 0.3) is 0 Å². The highest BCUT2D eigenvalue weighted by molar-refractivity contribution is 6.30. The van der Waals surface area contributed by atoms with Crippen molar-refractivity contribution in [1.29, 1.82) is 0 Å². The number of ketones is 3. The number of hydrogen-bond donors (Lipinski definition) is 4. The molecule has 3 rings (SSSR count). The quantitative estimate of drug-likeness (QED) is 0.521. The summed E-state index contributed by atoms with van der Waals surface area (Å²) in [5, 5.41) is 39.2. The van der Waals surface area contributed by atoms with E-state index in [2.05, 4.69) is 0 Å². The first-order valence-corrected chi connectivity index (χ1v) is 6.94. The summed E-state index contributed by atoms with van der Waals surface area (Å²) in [5.41, 5.74) is -1.43. The Bertz CT molecular complexity index is 941. The Hall–Kier alpha value is -3.19. The van der Waals surface area contributed by atoms with E-state index in [1.807, 2.05) is 0 Å². The number of rotatable bonds is 2. The second kappa shape index (κ2) is 5.17. The van der Waals surface area contributed by atoms with Gasteiger partial charge in [-0.3, -0.25) is 14.4 Å². The van der Waals surface area contributed by atoms with Crippen LogP contribution in [0.15, 0.2) is 18.2 Å². The van der Waals surface area contributed by atoms with Crippen molar-refractivity contribution in [3.63, 3.8) is 0 Å². The van der Waals surface area contributed by atoms with Gasteiger partial charge in [-0.25, -0.2) is 0 Å². The van der Waals surface area contributed by atoms with Crippen molar-refractivity contribution in [2.75, 3.05) is 0 Å². The lowest BCUT2D eigenvalue weighted by atomic mass is 9.81. The van der Waals surface area contributed by atoms with Crippen LogP contribution in [-0.2, 0) is 6.61 Å². The molecule has 0 fully saturated rings. The van der Waals surface area contributed by atoms with E-state index in [1.165, 1.54) is 13.0 Å². The van der Waals surface area contributed by atoms with Crippen LogP contribution in [0.5, 0.6) is 17.2 Å². The summed E-state index contributed by atoms with van der Waals surface area (Å²) in [6, 6.07) is 3.23. The summed E-state index contributed by atoms with van der Waals surface area (Å²) in [4.78, 5) is 36.8. The molecule has 2 aromatic rings. The smallest absolute Gasteiger partial charge is 0.201 e. The molecule has 0 radical (unpaired) electrons. The Balaban J connectivity index is 2.36. The van der Waals surface area contributed by atoms with Crippen molar-refractivity contribution >= 4 is 17.3 Å². The van der Waals surface area contributed by atoms with Crippen LogP contribution >= 0.6 is 0 Å². The first-order chi connectivity index (χ1) is 11.3. The van der Waals surface area contributed by atoms with Crippen LogP contribution < -0.4 is 0 Å². The molecule has 7 heteroatoms. The normalized spacial score (nSPS) is 12.8. The summed E-state index contributed by atoms with van der Waals surface area (Å²) >= 11 is 0. The molecule has 0 atom stereocenters. The van der Waals surface area contributed by atoms with Gasteiger partial charge in [0.05, 0.1) is 23.3 Å². The minimum absolute atomic E-state index is 0.0521. The molecule has 0 unspecified atom stereocenters. The Morgan fingerprint density at radius 3 is 2.12 bits per heavy atom. The summed E-state index contributed by atoms with van der Waals surface area (Å²) in [6.07, 6.45) is 0. The topological polar surface area (TPSA) is 132 Å². The van der Waals surface area contributed by atoms with E-state index < -0.39 is 46.8 Å². The Morgan fingerprint density at radius 2 is 1.54 bits per heavy atom. The third-order valence-electron chi connectivity index (χ3n) is 4.01. The lowest BCUT2D eigenvalue weighted by molar-refractivity contribution is 0.0971. The van der Waals surface area contributed by atoms with Gasteiger partial charge in [0.15, 0.2) is 11.6 Å². The highest BCUT2D eigenvalue weighted by Crippen LogP contribution is 2.41. The van der Waals surface area contributed by atoms with E-state index in [9.17, 15) is 34.8 Å². The highest BCUT2D eigenvalue weighted by atomic mass is 16.3.